The summed E-state index contributed by atoms with van der Waals surface area (Å²) in [6, 6.07) is 3.92. The molecule has 21 heavy (non-hydrogen) atoms. The van der Waals surface area contributed by atoms with Gasteiger partial charge in [0.25, 0.3) is 0 Å². The predicted octanol–water partition coefficient (Wildman–Crippen LogP) is 2.70. The van der Waals surface area contributed by atoms with Gasteiger partial charge < -0.3 is 4.57 Å². The van der Waals surface area contributed by atoms with Crippen LogP contribution in [0.3, 0.4) is 0 Å². The number of nitrogens with zero attached hydrogens (tertiary/aromatic N) is 5. The third-order valence-electron chi connectivity index (χ3n) is 4.19. The normalized spacial score (nSPS) is 17.2. The third kappa shape index (κ3) is 3.06. The summed E-state index contributed by atoms with van der Waals surface area (Å²) in [7, 11) is 1.97. The smallest absolute Gasteiger partial charge is 0.199 e. The molecule has 0 amide bonds. The standard InChI is InChI=1S/C15H21N5S/c1-12-5-9-19(10-6-12)11-20-15(21)18(2)14(17-20)13-3-7-16-8-4-13/h3-4,7-8,12H,5-6,9-11H2,1-2H3. The molecule has 0 unspecified atom stereocenters. The van der Waals surface area contributed by atoms with Gasteiger partial charge in [0, 0.05) is 38.1 Å². The Bertz CT molecular complexity index is 652. The topological polar surface area (TPSA) is 38.9 Å². The molecule has 6 heteroatoms. The van der Waals surface area contributed by atoms with Crippen LogP contribution < -0.4 is 0 Å². The molecule has 2 aromatic heterocycles. The zero-order chi connectivity index (χ0) is 14.8. The zero-order valence-corrected chi connectivity index (χ0v) is 13.4. The molecule has 1 fully saturated rings. The minimum absolute atomic E-state index is 0.764. The number of piperidine rings is 1. The number of hydrogen-bond acceptors (Lipinski definition) is 4. The average Bonchev–Trinajstić information content (AvgIpc) is 2.79. The van der Waals surface area contributed by atoms with Crippen molar-refractivity contribution in [2.45, 2.75) is 26.4 Å². The summed E-state index contributed by atoms with van der Waals surface area (Å²) >= 11 is 5.53. The molecule has 0 aliphatic carbocycles. The number of aromatic nitrogens is 4. The van der Waals surface area contributed by atoms with Crippen molar-refractivity contribution >= 4 is 12.2 Å². The molecule has 1 aliphatic rings. The Morgan fingerprint density at radius 3 is 2.57 bits per heavy atom. The lowest BCUT2D eigenvalue weighted by Gasteiger charge is -2.29. The van der Waals surface area contributed by atoms with Crippen LogP contribution >= 0.6 is 12.2 Å². The average molecular weight is 303 g/mol. The van der Waals surface area contributed by atoms with E-state index < -0.39 is 0 Å². The van der Waals surface area contributed by atoms with Crippen LogP contribution in [0.25, 0.3) is 11.4 Å². The second-order valence-corrected chi connectivity index (χ2v) is 6.21. The summed E-state index contributed by atoms with van der Waals surface area (Å²) in [5, 5.41) is 4.70. The van der Waals surface area contributed by atoms with Gasteiger partial charge in [-0.15, -0.1) is 0 Å². The zero-order valence-electron chi connectivity index (χ0n) is 12.6. The highest BCUT2D eigenvalue weighted by Gasteiger charge is 2.17. The minimum atomic E-state index is 0.764. The van der Waals surface area contributed by atoms with Crippen molar-refractivity contribution in [3.05, 3.63) is 29.3 Å². The van der Waals surface area contributed by atoms with Gasteiger partial charge >= 0.3 is 0 Å². The molecule has 0 spiro atoms. The Labute approximate surface area is 130 Å². The summed E-state index contributed by atoms with van der Waals surface area (Å²) in [5.74, 6) is 1.73. The molecule has 2 aromatic rings. The molecule has 0 aromatic carbocycles. The van der Waals surface area contributed by atoms with Crippen molar-refractivity contribution in [1.82, 2.24) is 24.2 Å². The number of likely N-dealkylation sites (tertiary alicyclic amines) is 1. The highest BCUT2D eigenvalue weighted by atomic mass is 32.1. The fourth-order valence-electron chi connectivity index (χ4n) is 2.73. The first-order valence-corrected chi connectivity index (χ1v) is 7.82. The van der Waals surface area contributed by atoms with Gasteiger partial charge in [-0.25, -0.2) is 4.68 Å². The van der Waals surface area contributed by atoms with Crippen molar-refractivity contribution in [3.8, 4) is 11.4 Å². The highest BCUT2D eigenvalue weighted by Crippen LogP contribution is 2.19. The first kappa shape index (κ1) is 14.4. The maximum Gasteiger partial charge on any atom is 0.199 e. The van der Waals surface area contributed by atoms with E-state index in [9.17, 15) is 0 Å². The third-order valence-corrected chi connectivity index (χ3v) is 4.67. The maximum atomic E-state index is 5.53. The molecule has 0 saturated carbocycles. The van der Waals surface area contributed by atoms with E-state index in [0.29, 0.717) is 0 Å². The Morgan fingerprint density at radius 1 is 1.24 bits per heavy atom. The number of hydrogen-bond donors (Lipinski definition) is 0. The Morgan fingerprint density at radius 2 is 1.90 bits per heavy atom. The summed E-state index contributed by atoms with van der Waals surface area (Å²) in [6.45, 7) is 5.37. The van der Waals surface area contributed by atoms with Crippen molar-refractivity contribution in [1.29, 1.82) is 0 Å². The molecule has 0 atom stereocenters. The predicted molar refractivity (Wildman–Crippen MR) is 85.2 cm³/mol. The van der Waals surface area contributed by atoms with Gasteiger partial charge in [-0.2, -0.15) is 5.10 Å². The minimum Gasteiger partial charge on any atom is -0.303 e. The first-order valence-electron chi connectivity index (χ1n) is 7.41. The second kappa shape index (κ2) is 6.07. The second-order valence-electron chi connectivity index (χ2n) is 5.84. The molecular formula is C15H21N5S. The molecule has 5 nitrogen and oxygen atoms in total. The summed E-state index contributed by atoms with van der Waals surface area (Å²) < 4.78 is 4.67. The van der Waals surface area contributed by atoms with Gasteiger partial charge in [0.2, 0.25) is 0 Å². The van der Waals surface area contributed by atoms with Gasteiger partial charge in [0.15, 0.2) is 10.6 Å². The van der Waals surface area contributed by atoms with Crippen molar-refractivity contribution in [2.24, 2.45) is 13.0 Å². The Kier molecular flexibility index (Phi) is 4.17. The van der Waals surface area contributed by atoms with Gasteiger partial charge in [0.1, 0.15) is 0 Å². The first-order chi connectivity index (χ1) is 10.1. The van der Waals surface area contributed by atoms with Crippen LogP contribution in [-0.2, 0) is 13.7 Å². The molecule has 0 bridgehead atoms. The molecule has 1 saturated heterocycles. The fourth-order valence-corrected chi connectivity index (χ4v) is 2.91. The van der Waals surface area contributed by atoms with Crippen molar-refractivity contribution < 1.29 is 0 Å². The molecule has 0 radical (unpaired) electrons. The Balaban J connectivity index is 1.83. The molecule has 1 aliphatic heterocycles. The highest BCUT2D eigenvalue weighted by molar-refractivity contribution is 7.71. The molecular weight excluding hydrogens is 282 g/mol. The largest absolute Gasteiger partial charge is 0.303 e. The quantitative estimate of drug-likeness (QED) is 0.817. The lowest BCUT2D eigenvalue weighted by atomic mass is 10.00. The van der Waals surface area contributed by atoms with Crippen LogP contribution in [0, 0.1) is 10.7 Å². The maximum absolute atomic E-state index is 5.53. The van der Waals surface area contributed by atoms with Gasteiger partial charge in [-0.1, -0.05) is 6.92 Å². The summed E-state index contributed by atoms with van der Waals surface area (Å²) in [4.78, 5) is 6.48. The van der Waals surface area contributed by atoms with Gasteiger partial charge in [-0.05, 0) is 43.1 Å². The summed E-state index contributed by atoms with van der Waals surface area (Å²) in [5.41, 5.74) is 1.05. The van der Waals surface area contributed by atoms with Crippen LogP contribution in [-0.4, -0.2) is 37.3 Å². The van der Waals surface area contributed by atoms with Crippen molar-refractivity contribution in [2.75, 3.05) is 13.1 Å². The van der Waals surface area contributed by atoms with Crippen LogP contribution in [0.15, 0.2) is 24.5 Å². The van der Waals surface area contributed by atoms with E-state index in [0.717, 1.165) is 41.8 Å². The van der Waals surface area contributed by atoms with E-state index in [-0.39, 0.29) is 0 Å². The number of rotatable bonds is 3. The van der Waals surface area contributed by atoms with E-state index in [4.69, 9.17) is 17.3 Å². The lowest BCUT2D eigenvalue weighted by molar-refractivity contribution is 0.146. The van der Waals surface area contributed by atoms with E-state index in [2.05, 4.69) is 16.8 Å². The Hall–Kier alpha value is -1.53. The van der Waals surface area contributed by atoms with E-state index in [1.54, 1.807) is 12.4 Å². The molecule has 3 heterocycles. The monoisotopic (exact) mass is 303 g/mol. The van der Waals surface area contributed by atoms with E-state index >= 15 is 0 Å². The van der Waals surface area contributed by atoms with Crippen molar-refractivity contribution in [3.63, 3.8) is 0 Å². The molecule has 0 N–H and O–H groups in total. The lowest BCUT2D eigenvalue weighted by Crippen LogP contribution is -2.34. The number of pyridine rings is 1. The van der Waals surface area contributed by atoms with Gasteiger partial charge in [-0.3, -0.25) is 9.88 Å². The molecule has 3 rings (SSSR count). The SMILES string of the molecule is CC1CCN(Cn2nc(-c3ccncc3)n(C)c2=S)CC1. The fraction of sp³-hybridized carbons (Fsp3) is 0.533. The van der Waals surface area contributed by atoms with E-state index in [1.165, 1.54) is 12.8 Å². The van der Waals surface area contributed by atoms with Gasteiger partial charge in [0.05, 0.1) is 6.67 Å². The van der Waals surface area contributed by atoms with Crippen LogP contribution in [0.5, 0.6) is 0 Å². The van der Waals surface area contributed by atoms with Crippen LogP contribution in [0.1, 0.15) is 19.8 Å². The van der Waals surface area contributed by atoms with E-state index in [1.807, 2.05) is 28.4 Å². The molecule has 112 valence electrons. The van der Waals surface area contributed by atoms with Crippen LogP contribution in [0.4, 0.5) is 0 Å². The van der Waals surface area contributed by atoms with Crippen LogP contribution in [0.2, 0.25) is 0 Å². The summed E-state index contributed by atoms with van der Waals surface area (Å²) in [6.07, 6.45) is 6.08.